The number of hydrogen-bond donors (Lipinski definition) is 0. The van der Waals surface area contributed by atoms with Gasteiger partial charge in [0.2, 0.25) is 0 Å². The highest BCUT2D eigenvalue weighted by molar-refractivity contribution is 6.17. The summed E-state index contributed by atoms with van der Waals surface area (Å²) < 4.78 is 19.8. The van der Waals surface area contributed by atoms with Crippen molar-refractivity contribution in [2.45, 2.75) is 51.9 Å². The van der Waals surface area contributed by atoms with Gasteiger partial charge in [-0.15, -0.1) is 11.6 Å². The van der Waals surface area contributed by atoms with Gasteiger partial charge in [-0.25, -0.2) is 15.0 Å². The minimum atomic E-state index is 0.0159. The molecule has 2 aliphatic heterocycles. The third-order valence-corrected chi connectivity index (χ3v) is 6.13. The van der Waals surface area contributed by atoms with Gasteiger partial charge in [-0.05, 0) is 29.7 Å². The molecule has 2 aromatic rings. The minimum absolute atomic E-state index is 0.0159. The van der Waals surface area contributed by atoms with E-state index in [1.807, 2.05) is 41.0 Å². The van der Waals surface area contributed by atoms with E-state index in [9.17, 15) is 0 Å². The molecule has 4 rings (SSSR count). The molecule has 7 nitrogen and oxygen atoms in total. The van der Waals surface area contributed by atoms with Crippen LogP contribution < -0.4 is 9.47 Å². The van der Waals surface area contributed by atoms with Gasteiger partial charge in [-0.2, -0.15) is 0 Å². The van der Waals surface area contributed by atoms with Crippen LogP contribution in [0.5, 0.6) is 11.5 Å². The highest BCUT2D eigenvalue weighted by atomic mass is 35.5. The van der Waals surface area contributed by atoms with Crippen molar-refractivity contribution in [3.05, 3.63) is 78.0 Å². The molecule has 0 saturated carbocycles. The Hall–Kier alpha value is -3.16. The van der Waals surface area contributed by atoms with Gasteiger partial charge in [0.25, 0.3) is 0 Å². The normalized spacial score (nSPS) is 12.2. The van der Waals surface area contributed by atoms with E-state index < -0.39 is 0 Å². The predicted octanol–water partition coefficient (Wildman–Crippen LogP) is 5.94. The standard InChI is InChI=1S/C28H33ClN4O3/c1-20(2)27-31-24-16-30-19-33(28(24)32-27)17-22-9-10-25(34-3)26(15-22)35-14-12-23(11-13-29)36-18-21-7-5-4-6-8-21/h4-10,15-16,19-20,23H,11-14,17-18H2,1-3H3. The third kappa shape index (κ3) is 6.74. The first-order valence-corrected chi connectivity index (χ1v) is 12.8. The van der Waals surface area contributed by atoms with E-state index in [4.69, 9.17) is 30.8 Å². The van der Waals surface area contributed by atoms with Crippen molar-refractivity contribution in [2.75, 3.05) is 19.6 Å². The molecule has 0 N–H and O–H groups in total. The molecule has 0 radical (unpaired) electrons. The van der Waals surface area contributed by atoms with Gasteiger partial charge >= 0.3 is 0 Å². The molecule has 2 heterocycles. The molecule has 8 heteroatoms. The van der Waals surface area contributed by atoms with E-state index in [2.05, 4.69) is 35.9 Å². The number of ether oxygens (including phenoxy) is 3. The van der Waals surface area contributed by atoms with Crippen LogP contribution in [0.25, 0.3) is 11.5 Å². The number of nitrogens with zero attached hydrogens (tertiary/aromatic N) is 4. The number of benzene rings is 2. The molecule has 0 saturated heterocycles. The minimum Gasteiger partial charge on any atom is -0.493 e. The monoisotopic (exact) mass is 508 g/mol. The van der Waals surface area contributed by atoms with Crippen LogP contribution >= 0.6 is 11.6 Å². The first kappa shape index (κ1) is 25.9. The van der Waals surface area contributed by atoms with E-state index in [1.165, 1.54) is 0 Å². The number of aromatic nitrogens is 4. The van der Waals surface area contributed by atoms with Crippen LogP contribution in [0.2, 0.25) is 0 Å². The van der Waals surface area contributed by atoms with Gasteiger partial charge in [0.1, 0.15) is 11.5 Å². The van der Waals surface area contributed by atoms with E-state index in [0.717, 1.165) is 41.3 Å². The fraction of sp³-hybridized carbons (Fsp3) is 0.393. The number of methoxy groups -OCH3 is 1. The zero-order valence-corrected chi connectivity index (χ0v) is 21.8. The molecular formula is C28H33ClN4O3. The molecule has 190 valence electrons. The lowest BCUT2D eigenvalue weighted by atomic mass is 10.2. The van der Waals surface area contributed by atoms with Crippen LogP contribution in [0.4, 0.5) is 0 Å². The van der Waals surface area contributed by atoms with Crippen molar-refractivity contribution in [3.8, 4) is 23.0 Å². The summed E-state index contributed by atoms with van der Waals surface area (Å²) in [7, 11) is 1.65. The number of halogens is 1. The molecular weight excluding hydrogens is 476 g/mol. The summed E-state index contributed by atoms with van der Waals surface area (Å²) >= 11 is 6.02. The van der Waals surface area contributed by atoms with Gasteiger partial charge in [0.05, 0.1) is 45.5 Å². The lowest BCUT2D eigenvalue weighted by Gasteiger charge is -2.18. The van der Waals surface area contributed by atoms with Crippen LogP contribution in [0.3, 0.4) is 0 Å². The van der Waals surface area contributed by atoms with Crippen LogP contribution in [0, 0.1) is 0 Å². The van der Waals surface area contributed by atoms with Crippen molar-refractivity contribution >= 4 is 11.6 Å². The van der Waals surface area contributed by atoms with Crippen molar-refractivity contribution in [1.82, 2.24) is 19.5 Å². The van der Waals surface area contributed by atoms with Gasteiger partial charge < -0.3 is 18.8 Å². The molecule has 0 amide bonds. The summed E-state index contributed by atoms with van der Waals surface area (Å²) in [5, 5.41) is 0. The topological polar surface area (TPSA) is 71.3 Å². The first-order chi connectivity index (χ1) is 17.6. The summed E-state index contributed by atoms with van der Waals surface area (Å²) in [6, 6.07) is 16.1. The Balaban J connectivity index is 1.41. The second-order valence-corrected chi connectivity index (χ2v) is 9.36. The Kier molecular flexibility index (Phi) is 9.14. The molecule has 0 bridgehead atoms. The maximum absolute atomic E-state index is 6.16. The zero-order chi connectivity index (χ0) is 25.3. The third-order valence-electron chi connectivity index (χ3n) is 5.91. The van der Waals surface area contributed by atoms with Gasteiger partial charge in [0.15, 0.2) is 17.3 Å². The smallest absolute Gasteiger partial charge is 0.163 e. The van der Waals surface area contributed by atoms with E-state index >= 15 is 0 Å². The van der Waals surface area contributed by atoms with Gasteiger partial charge in [0, 0.05) is 18.2 Å². The van der Waals surface area contributed by atoms with E-state index in [1.54, 1.807) is 19.6 Å². The van der Waals surface area contributed by atoms with Crippen LogP contribution in [0.1, 0.15) is 49.6 Å². The molecule has 0 aromatic heterocycles. The quantitative estimate of drug-likeness (QED) is 0.208. The summed E-state index contributed by atoms with van der Waals surface area (Å²) in [6.07, 6.45) is 5.05. The fourth-order valence-corrected chi connectivity index (χ4v) is 4.17. The average Bonchev–Trinajstić information content (AvgIpc) is 3.34. The lowest BCUT2D eigenvalue weighted by Crippen LogP contribution is -2.17. The summed E-state index contributed by atoms with van der Waals surface area (Å²) in [6.45, 7) is 5.82. The molecule has 1 unspecified atom stereocenters. The second kappa shape index (κ2) is 12.7. The number of alkyl halides is 1. The van der Waals surface area contributed by atoms with Crippen molar-refractivity contribution < 1.29 is 14.2 Å². The largest absolute Gasteiger partial charge is 0.493 e. The van der Waals surface area contributed by atoms with E-state index in [0.29, 0.717) is 37.1 Å². The van der Waals surface area contributed by atoms with E-state index in [-0.39, 0.29) is 12.0 Å². The molecule has 0 spiro atoms. The number of imidazole rings is 1. The Morgan fingerprint density at radius 1 is 0.972 bits per heavy atom. The molecule has 36 heavy (non-hydrogen) atoms. The summed E-state index contributed by atoms with van der Waals surface area (Å²) in [5.41, 5.74) is 2.99. The zero-order valence-electron chi connectivity index (χ0n) is 21.1. The fourth-order valence-electron chi connectivity index (χ4n) is 3.93. The highest BCUT2D eigenvalue weighted by Gasteiger charge is 2.17. The lowest BCUT2D eigenvalue weighted by molar-refractivity contribution is 0.0245. The Bertz CT molecular complexity index is 1200. The first-order valence-electron chi connectivity index (χ1n) is 12.3. The number of rotatable bonds is 13. The SMILES string of the molecule is COc1ccc(Cn2cncc3nc(C(C)C)nc2-3)cc1OCCC(CCCl)OCc1ccccc1. The average molecular weight is 509 g/mol. The summed E-state index contributed by atoms with van der Waals surface area (Å²) in [5.74, 6) is 3.83. The Labute approximate surface area is 217 Å². The van der Waals surface area contributed by atoms with Gasteiger partial charge in [-0.1, -0.05) is 50.2 Å². The second-order valence-electron chi connectivity index (χ2n) is 8.99. The Morgan fingerprint density at radius 2 is 1.81 bits per heavy atom. The molecule has 0 aliphatic carbocycles. The van der Waals surface area contributed by atoms with Crippen molar-refractivity contribution in [3.63, 3.8) is 0 Å². The van der Waals surface area contributed by atoms with Crippen molar-refractivity contribution in [1.29, 1.82) is 0 Å². The van der Waals surface area contributed by atoms with Crippen LogP contribution in [-0.4, -0.2) is 45.2 Å². The maximum atomic E-state index is 6.16. The summed E-state index contributed by atoms with van der Waals surface area (Å²) in [4.78, 5) is 13.7. The Morgan fingerprint density at radius 3 is 2.56 bits per heavy atom. The number of fused-ring (bicyclic) bond motifs is 1. The predicted molar refractivity (Wildman–Crippen MR) is 141 cm³/mol. The maximum Gasteiger partial charge on any atom is 0.163 e. The highest BCUT2D eigenvalue weighted by Crippen LogP contribution is 2.30. The number of hydrogen-bond acceptors (Lipinski definition) is 6. The van der Waals surface area contributed by atoms with Gasteiger partial charge in [-0.3, -0.25) is 0 Å². The van der Waals surface area contributed by atoms with Crippen LogP contribution in [0.15, 0.2) is 61.1 Å². The molecule has 2 aromatic carbocycles. The van der Waals surface area contributed by atoms with Crippen molar-refractivity contribution in [2.24, 2.45) is 0 Å². The molecule has 0 fully saturated rings. The van der Waals surface area contributed by atoms with Crippen LogP contribution in [-0.2, 0) is 17.9 Å². The molecule has 1 atom stereocenters. The molecule has 2 aliphatic rings.